The maximum atomic E-state index is 12.9. The van der Waals surface area contributed by atoms with Crippen molar-refractivity contribution >= 4 is 45.2 Å². The Balaban J connectivity index is 1.37. The Bertz CT molecular complexity index is 1250. The number of fused-ring (bicyclic) bond motifs is 1. The van der Waals surface area contributed by atoms with Crippen LogP contribution in [0.5, 0.6) is 0 Å². The zero-order chi connectivity index (χ0) is 25.7. The van der Waals surface area contributed by atoms with E-state index in [4.69, 9.17) is 5.73 Å². The molecule has 0 saturated carbocycles. The van der Waals surface area contributed by atoms with Crippen molar-refractivity contribution in [2.45, 2.75) is 12.8 Å². The van der Waals surface area contributed by atoms with Gasteiger partial charge in [-0.25, -0.2) is 9.78 Å². The van der Waals surface area contributed by atoms with Gasteiger partial charge in [-0.1, -0.05) is 0 Å². The lowest BCUT2D eigenvalue weighted by molar-refractivity contribution is 0.0689. The molecule has 0 radical (unpaired) electrons. The molecular weight excluding hydrogens is 482 g/mol. The number of nitrogens with zero attached hydrogens (tertiary/aromatic N) is 3. The lowest BCUT2D eigenvalue weighted by Crippen LogP contribution is -2.46. The molecule has 2 aromatic heterocycles. The van der Waals surface area contributed by atoms with E-state index in [1.54, 1.807) is 23.6 Å². The number of likely N-dealkylation sites (N-methyl/N-ethyl adjacent to an activating group) is 1. The van der Waals surface area contributed by atoms with Gasteiger partial charge in [0.2, 0.25) is 0 Å². The molecule has 0 spiro atoms. The van der Waals surface area contributed by atoms with Gasteiger partial charge >= 0.3 is 5.97 Å². The third kappa shape index (κ3) is 6.08. The topological polar surface area (TPSA) is 157 Å². The van der Waals surface area contributed by atoms with E-state index in [0.717, 1.165) is 32.7 Å². The highest BCUT2D eigenvalue weighted by Gasteiger charge is 2.19. The number of anilines is 1. The summed E-state index contributed by atoms with van der Waals surface area (Å²) in [5.74, 6) is -1.72. The summed E-state index contributed by atoms with van der Waals surface area (Å²) in [6, 6.07) is 4.97. The smallest absolute Gasteiger partial charge is 0.352 e. The van der Waals surface area contributed by atoms with Crippen LogP contribution >= 0.6 is 11.3 Å². The van der Waals surface area contributed by atoms with Gasteiger partial charge in [-0.2, -0.15) is 0 Å². The standard InChI is InChI=1S/C24H31N7O4S/c1-30-9-11-31(12-10-30)8-7-26-22(33)19-14-36-24(28-19)29-21(32)15-4-5-18-17(13-15)16(3-2-6-25)20(27-18)23(34)35/h4-5,13-14,27H,2-3,6-12,25H2,1H3,(H,26,33)(H,34,35)(H,28,29,32). The molecule has 1 aromatic carbocycles. The zero-order valence-corrected chi connectivity index (χ0v) is 21.0. The minimum absolute atomic E-state index is 0.110. The fraction of sp³-hybridized carbons (Fsp3) is 0.417. The van der Waals surface area contributed by atoms with E-state index in [1.807, 2.05) is 0 Å². The Hall–Kier alpha value is -3.32. The second kappa shape index (κ2) is 11.6. The van der Waals surface area contributed by atoms with Crippen LogP contribution in [-0.2, 0) is 6.42 Å². The van der Waals surface area contributed by atoms with Gasteiger partial charge in [0.1, 0.15) is 11.4 Å². The molecular formula is C24H31N7O4S. The monoisotopic (exact) mass is 513 g/mol. The number of aromatic carboxylic acids is 1. The molecule has 0 bridgehead atoms. The van der Waals surface area contributed by atoms with Crippen LogP contribution in [0, 0.1) is 0 Å². The Labute approximate surface area is 212 Å². The van der Waals surface area contributed by atoms with Gasteiger partial charge < -0.3 is 26.0 Å². The molecule has 3 heterocycles. The molecule has 0 atom stereocenters. The summed E-state index contributed by atoms with van der Waals surface area (Å²) in [7, 11) is 2.10. The van der Waals surface area contributed by atoms with Crippen LogP contribution in [0.25, 0.3) is 10.9 Å². The lowest BCUT2D eigenvalue weighted by Gasteiger charge is -2.32. The molecule has 0 unspecified atom stereocenters. The number of nitrogens with two attached hydrogens (primary N) is 1. The minimum Gasteiger partial charge on any atom is -0.477 e. The van der Waals surface area contributed by atoms with E-state index in [2.05, 4.69) is 37.4 Å². The lowest BCUT2D eigenvalue weighted by atomic mass is 10.0. The molecule has 12 heteroatoms. The number of carbonyl (C=O) groups excluding carboxylic acids is 2. The first-order valence-electron chi connectivity index (χ1n) is 11.9. The van der Waals surface area contributed by atoms with Gasteiger partial charge in [0.05, 0.1) is 0 Å². The van der Waals surface area contributed by atoms with Crippen LogP contribution in [0.15, 0.2) is 23.6 Å². The number of aromatic amines is 1. The van der Waals surface area contributed by atoms with E-state index in [-0.39, 0.29) is 17.3 Å². The maximum Gasteiger partial charge on any atom is 0.352 e. The third-order valence-corrected chi connectivity index (χ3v) is 7.04. The highest BCUT2D eigenvalue weighted by Crippen LogP contribution is 2.26. The van der Waals surface area contributed by atoms with Crippen molar-refractivity contribution in [1.29, 1.82) is 0 Å². The number of nitrogens with one attached hydrogen (secondary N) is 3. The number of thiazole rings is 1. The van der Waals surface area contributed by atoms with Crippen molar-refractivity contribution in [2.75, 3.05) is 58.2 Å². The van der Waals surface area contributed by atoms with Crippen LogP contribution in [0.4, 0.5) is 5.13 Å². The molecule has 1 aliphatic rings. The molecule has 192 valence electrons. The first-order chi connectivity index (χ1) is 17.4. The molecule has 2 amide bonds. The van der Waals surface area contributed by atoms with Crippen LogP contribution in [0.1, 0.15) is 43.3 Å². The van der Waals surface area contributed by atoms with Gasteiger partial charge in [-0.3, -0.25) is 19.8 Å². The Kier molecular flexibility index (Phi) is 8.31. The van der Waals surface area contributed by atoms with E-state index >= 15 is 0 Å². The largest absolute Gasteiger partial charge is 0.477 e. The number of aromatic nitrogens is 2. The summed E-state index contributed by atoms with van der Waals surface area (Å²) >= 11 is 1.17. The third-order valence-electron chi connectivity index (χ3n) is 6.28. The van der Waals surface area contributed by atoms with Crippen molar-refractivity contribution in [1.82, 2.24) is 25.1 Å². The SMILES string of the molecule is CN1CCN(CCNC(=O)c2csc(NC(=O)c3ccc4[nH]c(C(=O)O)c(CCCN)c4c3)n2)CC1. The normalized spacial score (nSPS) is 14.7. The van der Waals surface area contributed by atoms with E-state index < -0.39 is 11.9 Å². The van der Waals surface area contributed by atoms with Crippen molar-refractivity contribution in [3.05, 3.63) is 46.1 Å². The van der Waals surface area contributed by atoms with E-state index in [1.165, 1.54) is 11.3 Å². The van der Waals surface area contributed by atoms with Gasteiger partial charge in [0.25, 0.3) is 11.8 Å². The van der Waals surface area contributed by atoms with Gasteiger partial charge in [0.15, 0.2) is 5.13 Å². The number of benzene rings is 1. The number of hydrogen-bond acceptors (Lipinski definition) is 8. The number of hydrogen-bond donors (Lipinski definition) is 5. The summed E-state index contributed by atoms with van der Waals surface area (Å²) in [6.45, 7) is 5.77. The number of aryl methyl sites for hydroxylation is 1. The van der Waals surface area contributed by atoms with Crippen molar-refractivity contribution in [3.8, 4) is 0 Å². The Morgan fingerprint density at radius 1 is 1.19 bits per heavy atom. The molecule has 4 rings (SSSR count). The van der Waals surface area contributed by atoms with Gasteiger partial charge in [-0.15, -0.1) is 11.3 Å². The molecule has 11 nitrogen and oxygen atoms in total. The van der Waals surface area contributed by atoms with Crippen LogP contribution in [0.3, 0.4) is 0 Å². The number of carbonyl (C=O) groups is 3. The fourth-order valence-corrected chi connectivity index (χ4v) is 4.89. The van der Waals surface area contributed by atoms with Crippen molar-refractivity contribution < 1.29 is 19.5 Å². The molecule has 1 aliphatic heterocycles. The van der Waals surface area contributed by atoms with Crippen LogP contribution < -0.4 is 16.4 Å². The number of rotatable bonds is 10. The number of carboxylic acids is 1. The molecule has 0 aliphatic carbocycles. The summed E-state index contributed by atoms with van der Waals surface area (Å²) in [5, 5.41) is 17.7. The average molecular weight is 514 g/mol. The highest BCUT2D eigenvalue weighted by atomic mass is 32.1. The molecule has 1 fully saturated rings. The Morgan fingerprint density at radius 3 is 2.69 bits per heavy atom. The second-order valence-electron chi connectivity index (χ2n) is 8.83. The van der Waals surface area contributed by atoms with E-state index in [0.29, 0.717) is 53.1 Å². The molecule has 6 N–H and O–H groups in total. The predicted molar refractivity (Wildman–Crippen MR) is 139 cm³/mol. The maximum absolute atomic E-state index is 12.9. The number of piperazine rings is 1. The summed E-state index contributed by atoms with van der Waals surface area (Å²) in [6.07, 6.45) is 1.12. The van der Waals surface area contributed by atoms with Gasteiger partial charge in [0, 0.05) is 61.1 Å². The molecule has 1 saturated heterocycles. The first-order valence-corrected chi connectivity index (χ1v) is 12.8. The second-order valence-corrected chi connectivity index (χ2v) is 9.69. The quantitative estimate of drug-likeness (QED) is 0.273. The molecule has 3 aromatic rings. The van der Waals surface area contributed by atoms with E-state index in [9.17, 15) is 19.5 Å². The first kappa shape index (κ1) is 25.8. The molecule has 36 heavy (non-hydrogen) atoms. The number of amides is 2. The highest BCUT2D eigenvalue weighted by molar-refractivity contribution is 7.14. The minimum atomic E-state index is -1.05. The number of carboxylic acid groups (broad SMARTS) is 1. The zero-order valence-electron chi connectivity index (χ0n) is 20.2. The number of H-pyrrole nitrogens is 1. The van der Waals surface area contributed by atoms with Crippen LogP contribution in [0.2, 0.25) is 0 Å². The van der Waals surface area contributed by atoms with Crippen LogP contribution in [-0.4, -0.2) is 95.5 Å². The van der Waals surface area contributed by atoms with Crippen molar-refractivity contribution in [2.24, 2.45) is 5.73 Å². The predicted octanol–water partition coefficient (Wildman–Crippen LogP) is 1.44. The summed E-state index contributed by atoms with van der Waals surface area (Å²) in [5.41, 5.74) is 7.60. The summed E-state index contributed by atoms with van der Waals surface area (Å²) < 4.78 is 0. The van der Waals surface area contributed by atoms with Gasteiger partial charge in [-0.05, 0) is 50.2 Å². The average Bonchev–Trinajstić information content (AvgIpc) is 3.48. The Morgan fingerprint density at radius 2 is 1.97 bits per heavy atom. The fourth-order valence-electron chi connectivity index (χ4n) is 4.20. The summed E-state index contributed by atoms with van der Waals surface area (Å²) in [4.78, 5) is 48.7. The van der Waals surface area contributed by atoms with Crippen molar-refractivity contribution in [3.63, 3.8) is 0 Å².